The standard InChI is InChI=1S/C16H14N4S/c1-10-19-20-14(9-17)15(18-16(20)21-10)13-7-6-11-4-2-3-5-12(11)8-13/h6-8H,2-5H2,1H3. The molecule has 21 heavy (non-hydrogen) atoms. The predicted molar refractivity (Wildman–Crippen MR) is 82.4 cm³/mol. The van der Waals surface area contributed by atoms with E-state index in [4.69, 9.17) is 0 Å². The number of rotatable bonds is 1. The first-order chi connectivity index (χ1) is 10.3. The highest BCUT2D eigenvalue weighted by Crippen LogP contribution is 2.30. The van der Waals surface area contributed by atoms with Crippen molar-refractivity contribution in [3.8, 4) is 17.3 Å². The molecule has 0 spiro atoms. The van der Waals surface area contributed by atoms with Crippen molar-refractivity contribution in [2.24, 2.45) is 0 Å². The van der Waals surface area contributed by atoms with Crippen molar-refractivity contribution in [3.63, 3.8) is 0 Å². The van der Waals surface area contributed by atoms with E-state index in [1.807, 2.05) is 6.92 Å². The normalized spacial score (nSPS) is 14.1. The third-order valence-corrected chi connectivity index (χ3v) is 4.86. The lowest BCUT2D eigenvalue weighted by Crippen LogP contribution is -2.02. The lowest BCUT2D eigenvalue weighted by atomic mass is 9.90. The molecular weight excluding hydrogens is 280 g/mol. The van der Waals surface area contributed by atoms with E-state index in [0.717, 1.165) is 27.6 Å². The molecule has 0 saturated carbocycles. The SMILES string of the molecule is Cc1nn2c(C#N)c(-c3ccc4c(c3)CCCC4)nc2s1. The molecule has 0 saturated heterocycles. The van der Waals surface area contributed by atoms with Gasteiger partial charge in [0.1, 0.15) is 16.8 Å². The molecule has 0 aliphatic heterocycles. The van der Waals surface area contributed by atoms with Gasteiger partial charge in [-0.15, -0.1) is 0 Å². The molecule has 104 valence electrons. The van der Waals surface area contributed by atoms with E-state index in [-0.39, 0.29) is 0 Å². The van der Waals surface area contributed by atoms with Crippen LogP contribution in [0.2, 0.25) is 0 Å². The topological polar surface area (TPSA) is 54.0 Å². The Bertz CT molecular complexity index is 882. The van der Waals surface area contributed by atoms with Crippen LogP contribution in [0.4, 0.5) is 0 Å². The highest BCUT2D eigenvalue weighted by Gasteiger charge is 2.18. The number of aromatic nitrogens is 3. The molecule has 0 amide bonds. The maximum absolute atomic E-state index is 9.47. The Morgan fingerprint density at radius 3 is 2.86 bits per heavy atom. The Balaban J connectivity index is 1.90. The van der Waals surface area contributed by atoms with Gasteiger partial charge in [0, 0.05) is 5.56 Å². The van der Waals surface area contributed by atoms with Gasteiger partial charge in [-0.25, -0.2) is 4.98 Å². The number of imidazole rings is 1. The zero-order valence-corrected chi connectivity index (χ0v) is 12.6. The van der Waals surface area contributed by atoms with Crippen LogP contribution in [0.1, 0.15) is 34.7 Å². The summed E-state index contributed by atoms with van der Waals surface area (Å²) in [5, 5.41) is 14.8. The Kier molecular flexibility index (Phi) is 2.79. The van der Waals surface area contributed by atoms with Gasteiger partial charge >= 0.3 is 0 Å². The summed E-state index contributed by atoms with van der Waals surface area (Å²) in [6.07, 6.45) is 4.82. The second-order valence-electron chi connectivity index (χ2n) is 5.43. The summed E-state index contributed by atoms with van der Waals surface area (Å²) in [4.78, 5) is 5.41. The molecule has 0 fully saturated rings. The van der Waals surface area contributed by atoms with Crippen molar-refractivity contribution in [2.45, 2.75) is 32.6 Å². The van der Waals surface area contributed by atoms with Crippen molar-refractivity contribution in [3.05, 3.63) is 40.0 Å². The number of nitriles is 1. The van der Waals surface area contributed by atoms with Crippen molar-refractivity contribution >= 4 is 16.3 Å². The first kappa shape index (κ1) is 12.5. The lowest BCUT2D eigenvalue weighted by molar-refractivity contribution is 0.686. The monoisotopic (exact) mass is 294 g/mol. The van der Waals surface area contributed by atoms with Crippen molar-refractivity contribution in [1.82, 2.24) is 14.6 Å². The first-order valence-corrected chi connectivity index (χ1v) is 7.96. The summed E-state index contributed by atoms with van der Waals surface area (Å²) in [6, 6.07) is 8.74. The molecule has 4 rings (SSSR count). The van der Waals surface area contributed by atoms with Crippen LogP contribution >= 0.6 is 11.3 Å². The fourth-order valence-corrected chi connectivity index (χ4v) is 3.77. The Morgan fingerprint density at radius 1 is 1.24 bits per heavy atom. The van der Waals surface area contributed by atoms with Crippen molar-refractivity contribution < 1.29 is 0 Å². The summed E-state index contributed by atoms with van der Waals surface area (Å²) in [6.45, 7) is 1.93. The number of nitrogens with zero attached hydrogens (tertiary/aromatic N) is 4. The maximum Gasteiger partial charge on any atom is 0.213 e. The second kappa shape index (κ2) is 4.68. The molecule has 0 bridgehead atoms. The van der Waals surface area contributed by atoms with Crippen LogP contribution in [0.25, 0.3) is 16.2 Å². The fourth-order valence-electron chi connectivity index (χ4n) is 3.03. The molecule has 1 aromatic carbocycles. The van der Waals surface area contributed by atoms with Gasteiger partial charge in [-0.3, -0.25) is 0 Å². The quantitative estimate of drug-likeness (QED) is 0.690. The maximum atomic E-state index is 9.47. The number of benzene rings is 1. The molecule has 0 unspecified atom stereocenters. The van der Waals surface area contributed by atoms with Crippen molar-refractivity contribution in [2.75, 3.05) is 0 Å². The van der Waals surface area contributed by atoms with Gasteiger partial charge in [0.15, 0.2) is 5.69 Å². The van der Waals surface area contributed by atoms with E-state index >= 15 is 0 Å². The van der Waals surface area contributed by atoms with Crippen LogP contribution in [0.3, 0.4) is 0 Å². The van der Waals surface area contributed by atoms with Gasteiger partial charge in [0.2, 0.25) is 4.96 Å². The molecule has 4 nitrogen and oxygen atoms in total. The summed E-state index contributed by atoms with van der Waals surface area (Å²) in [5.41, 5.74) is 5.17. The van der Waals surface area contributed by atoms with Crippen LogP contribution in [-0.2, 0) is 12.8 Å². The number of hydrogen-bond acceptors (Lipinski definition) is 4. The number of hydrogen-bond donors (Lipinski definition) is 0. The smallest absolute Gasteiger partial charge is 0.213 e. The third-order valence-electron chi connectivity index (χ3n) is 4.03. The molecule has 5 heteroatoms. The van der Waals surface area contributed by atoms with Crippen LogP contribution in [-0.4, -0.2) is 14.6 Å². The predicted octanol–water partition coefficient (Wildman–Crippen LogP) is 3.52. The molecule has 1 aliphatic carbocycles. The summed E-state index contributed by atoms with van der Waals surface area (Å²) in [7, 11) is 0. The van der Waals surface area contributed by atoms with Gasteiger partial charge < -0.3 is 0 Å². The number of aryl methyl sites for hydroxylation is 3. The zero-order chi connectivity index (χ0) is 14.4. The lowest BCUT2D eigenvalue weighted by Gasteiger charge is -2.16. The Morgan fingerprint density at radius 2 is 2.05 bits per heavy atom. The first-order valence-electron chi connectivity index (χ1n) is 7.15. The van der Waals surface area contributed by atoms with E-state index in [1.165, 1.54) is 41.7 Å². The number of fused-ring (bicyclic) bond motifs is 2. The molecule has 1 aliphatic rings. The van der Waals surface area contributed by atoms with Crippen molar-refractivity contribution in [1.29, 1.82) is 5.26 Å². The van der Waals surface area contributed by atoms with Crippen LogP contribution < -0.4 is 0 Å². The second-order valence-corrected chi connectivity index (χ2v) is 6.59. The summed E-state index contributed by atoms with van der Waals surface area (Å²) < 4.78 is 1.66. The molecule has 0 radical (unpaired) electrons. The van der Waals surface area contributed by atoms with Gasteiger partial charge in [0.05, 0.1) is 0 Å². The fraction of sp³-hybridized carbons (Fsp3) is 0.312. The highest BCUT2D eigenvalue weighted by atomic mass is 32.1. The van der Waals surface area contributed by atoms with Gasteiger partial charge in [-0.1, -0.05) is 23.5 Å². The van der Waals surface area contributed by atoms with E-state index in [1.54, 1.807) is 4.52 Å². The van der Waals surface area contributed by atoms with E-state index < -0.39 is 0 Å². The highest BCUT2D eigenvalue weighted by molar-refractivity contribution is 7.16. The van der Waals surface area contributed by atoms with Crippen LogP contribution in [0.5, 0.6) is 0 Å². The largest absolute Gasteiger partial charge is 0.216 e. The van der Waals surface area contributed by atoms with E-state index in [2.05, 4.69) is 34.4 Å². The third kappa shape index (κ3) is 1.95. The molecule has 0 atom stereocenters. The molecule has 2 aromatic heterocycles. The molecular formula is C16H14N4S. The van der Waals surface area contributed by atoms with Crippen LogP contribution in [0.15, 0.2) is 18.2 Å². The zero-order valence-electron chi connectivity index (χ0n) is 11.8. The molecule has 2 heterocycles. The minimum atomic E-state index is 0.533. The molecule has 3 aromatic rings. The minimum Gasteiger partial charge on any atom is -0.216 e. The molecule has 0 N–H and O–H groups in total. The average molecular weight is 294 g/mol. The van der Waals surface area contributed by atoms with Gasteiger partial charge in [0.25, 0.3) is 0 Å². The average Bonchev–Trinajstić information content (AvgIpc) is 3.02. The van der Waals surface area contributed by atoms with Crippen LogP contribution in [0, 0.1) is 18.3 Å². The Hall–Kier alpha value is -2.19. The Labute approximate surface area is 126 Å². The summed E-state index contributed by atoms with van der Waals surface area (Å²) in [5.74, 6) is 0. The van der Waals surface area contributed by atoms with Gasteiger partial charge in [-0.2, -0.15) is 14.9 Å². The minimum absolute atomic E-state index is 0.533. The summed E-state index contributed by atoms with van der Waals surface area (Å²) >= 11 is 1.52. The van der Waals surface area contributed by atoms with E-state index in [9.17, 15) is 5.26 Å². The van der Waals surface area contributed by atoms with E-state index in [0.29, 0.717) is 5.69 Å². The van der Waals surface area contributed by atoms with Gasteiger partial charge in [-0.05, 0) is 49.8 Å².